The van der Waals surface area contributed by atoms with Crippen LogP contribution in [0.15, 0.2) is 27.7 Å². The Labute approximate surface area is 142 Å². The lowest BCUT2D eigenvalue weighted by molar-refractivity contribution is 0.239. The Morgan fingerprint density at radius 3 is 2.62 bits per heavy atom. The molecule has 0 unspecified atom stereocenters. The van der Waals surface area contributed by atoms with E-state index in [1.165, 1.54) is 5.56 Å². The molecule has 24 heavy (non-hydrogen) atoms. The van der Waals surface area contributed by atoms with Crippen molar-refractivity contribution >= 4 is 5.96 Å². The minimum Gasteiger partial charge on any atom is -0.491 e. The van der Waals surface area contributed by atoms with Gasteiger partial charge in [0.1, 0.15) is 5.75 Å². The standard InChI is InChI=1S/C17H25N5O2/c1-11(2)23-15-8-12(3)6-7-14(15)9-19-17(18-5)20-10-16-21-13(4)22-24-16/h6-8,11H,9-10H2,1-5H3,(H2,18,19,20). The fraction of sp³-hybridized carbons (Fsp3) is 0.471. The number of aromatic nitrogens is 2. The van der Waals surface area contributed by atoms with Crippen LogP contribution < -0.4 is 15.4 Å². The molecule has 0 aliphatic rings. The molecule has 130 valence electrons. The van der Waals surface area contributed by atoms with Gasteiger partial charge in [-0.15, -0.1) is 0 Å². The summed E-state index contributed by atoms with van der Waals surface area (Å²) >= 11 is 0. The van der Waals surface area contributed by atoms with Crippen LogP contribution in [-0.4, -0.2) is 29.3 Å². The van der Waals surface area contributed by atoms with Crippen LogP contribution in [0.4, 0.5) is 0 Å². The van der Waals surface area contributed by atoms with Crippen molar-refractivity contribution in [3.8, 4) is 5.75 Å². The van der Waals surface area contributed by atoms with Gasteiger partial charge in [0.25, 0.3) is 0 Å². The van der Waals surface area contributed by atoms with E-state index in [-0.39, 0.29) is 6.10 Å². The molecule has 0 saturated heterocycles. The number of guanidine groups is 1. The molecule has 7 nitrogen and oxygen atoms in total. The Balaban J connectivity index is 1.95. The molecular weight excluding hydrogens is 306 g/mol. The topological polar surface area (TPSA) is 84.6 Å². The van der Waals surface area contributed by atoms with Gasteiger partial charge in [0, 0.05) is 19.2 Å². The monoisotopic (exact) mass is 331 g/mol. The van der Waals surface area contributed by atoms with Crippen LogP contribution in [0.3, 0.4) is 0 Å². The summed E-state index contributed by atoms with van der Waals surface area (Å²) in [6.07, 6.45) is 0.128. The number of aliphatic imine (C=N–C) groups is 1. The van der Waals surface area contributed by atoms with Crippen LogP contribution >= 0.6 is 0 Å². The zero-order valence-corrected chi connectivity index (χ0v) is 14.9. The summed E-state index contributed by atoms with van der Waals surface area (Å²) in [7, 11) is 1.72. The molecule has 2 aromatic rings. The van der Waals surface area contributed by atoms with Gasteiger partial charge in [-0.1, -0.05) is 17.3 Å². The Hall–Kier alpha value is -2.57. The lowest BCUT2D eigenvalue weighted by Gasteiger charge is -2.16. The first-order valence-corrected chi connectivity index (χ1v) is 7.98. The van der Waals surface area contributed by atoms with Crippen molar-refractivity contribution in [2.75, 3.05) is 7.05 Å². The number of nitrogens with zero attached hydrogens (tertiary/aromatic N) is 3. The molecule has 2 rings (SSSR count). The molecule has 0 saturated carbocycles. The number of hydrogen-bond donors (Lipinski definition) is 2. The van der Waals surface area contributed by atoms with Gasteiger partial charge in [0.2, 0.25) is 5.89 Å². The van der Waals surface area contributed by atoms with E-state index in [0.717, 1.165) is 11.3 Å². The molecule has 0 spiro atoms. The van der Waals surface area contributed by atoms with E-state index in [9.17, 15) is 0 Å². The van der Waals surface area contributed by atoms with E-state index in [0.29, 0.717) is 30.8 Å². The van der Waals surface area contributed by atoms with Gasteiger partial charge in [-0.05, 0) is 39.3 Å². The van der Waals surface area contributed by atoms with Crippen LogP contribution in [0.25, 0.3) is 0 Å². The third kappa shape index (κ3) is 5.26. The summed E-state index contributed by atoms with van der Waals surface area (Å²) in [5, 5.41) is 10.2. The maximum absolute atomic E-state index is 5.89. The second-order valence-electron chi connectivity index (χ2n) is 5.79. The highest BCUT2D eigenvalue weighted by Crippen LogP contribution is 2.21. The van der Waals surface area contributed by atoms with Crippen molar-refractivity contribution in [3.63, 3.8) is 0 Å². The normalized spacial score (nSPS) is 11.7. The van der Waals surface area contributed by atoms with E-state index < -0.39 is 0 Å². The van der Waals surface area contributed by atoms with Gasteiger partial charge in [0.05, 0.1) is 12.6 Å². The van der Waals surface area contributed by atoms with Crippen molar-refractivity contribution in [3.05, 3.63) is 41.0 Å². The van der Waals surface area contributed by atoms with Crippen LogP contribution in [-0.2, 0) is 13.1 Å². The quantitative estimate of drug-likeness (QED) is 0.624. The van der Waals surface area contributed by atoms with Crippen molar-refractivity contribution in [1.82, 2.24) is 20.8 Å². The van der Waals surface area contributed by atoms with E-state index >= 15 is 0 Å². The Kier molecular flexibility index (Phi) is 6.17. The van der Waals surface area contributed by atoms with Crippen molar-refractivity contribution < 1.29 is 9.26 Å². The maximum Gasteiger partial charge on any atom is 0.246 e. The van der Waals surface area contributed by atoms with Crippen LogP contribution in [0, 0.1) is 13.8 Å². The molecule has 0 amide bonds. The second kappa shape index (κ2) is 8.33. The largest absolute Gasteiger partial charge is 0.491 e. The van der Waals surface area contributed by atoms with Gasteiger partial charge >= 0.3 is 0 Å². The molecule has 1 aromatic carbocycles. The van der Waals surface area contributed by atoms with Crippen molar-refractivity contribution in [1.29, 1.82) is 0 Å². The number of aryl methyl sites for hydroxylation is 2. The Morgan fingerprint density at radius 2 is 2.00 bits per heavy atom. The SMILES string of the molecule is CN=C(NCc1nc(C)no1)NCc1ccc(C)cc1OC(C)C. The third-order valence-electron chi connectivity index (χ3n) is 3.23. The molecule has 0 bridgehead atoms. The average Bonchev–Trinajstić information content (AvgIpc) is 2.94. The van der Waals surface area contributed by atoms with E-state index in [4.69, 9.17) is 9.26 Å². The fourth-order valence-corrected chi connectivity index (χ4v) is 2.14. The first-order valence-electron chi connectivity index (χ1n) is 7.98. The highest BCUT2D eigenvalue weighted by atomic mass is 16.5. The molecule has 2 N–H and O–H groups in total. The van der Waals surface area contributed by atoms with Crippen molar-refractivity contribution in [2.24, 2.45) is 4.99 Å². The van der Waals surface area contributed by atoms with Crippen molar-refractivity contribution in [2.45, 2.75) is 46.9 Å². The molecule has 0 radical (unpaired) electrons. The lowest BCUT2D eigenvalue weighted by Crippen LogP contribution is -2.36. The minimum absolute atomic E-state index is 0.128. The maximum atomic E-state index is 5.89. The molecule has 1 aromatic heterocycles. The van der Waals surface area contributed by atoms with Gasteiger partial charge in [-0.3, -0.25) is 4.99 Å². The molecule has 1 heterocycles. The summed E-state index contributed by atoms with van der Waals surface area (Å²) < 4.78 is 11.0. The molecule has 0 fully saturated rings. The average molecular weight is 331 g/mol. The molecule has 0 atom stereocenters. The van der Waals surface area contributed by atoms with Gasteiger partial charge in [0.15, 0.2) is 11.8 Å². The minimum atomic E-state index is 0.128. The highest BCUT2D eigenvalue weighted by Gasteiger charge is 2.08. The van der Waals surface area contributed by atoms with E-state index in [2.05, 4.69) is 50.9 Å². The van der Waals surface area contributed by atoms with Crippen LogP contribution in [0.5, 0.6) is 5.75 Å². The molecule has 7 heteroatoms. The first-order chi connectivity index (χ1) is 11.5. The zero-order valence-electron chi connectivity index (χ0n) is 14.9. The van der Waals surface area contributed by atoms with Crippen LogP contribution in [0.1, 0.15) is 36.7 Å². The summed E-state index contributed by atoms with van der Waals surface area (Å²) in [5.74, 6) is 2.68. The predicted octanol–water partition coefficient (Wildman–Crippen LogP) is 2.34. The zero-order chi connectivity index (χ0) is 17.5. The number of benzene rings is 1. The van der Waals surface area contributed by atoms with E-state index in [1.807, 2.05) is 13.8 Å². The second-order valence-corrected chi connectivity index (χ2v) is 5.79. The van der Waals surface area contributed by atoms with Crippen LogP contribution in [0.2, 0.25) is 0 Å². The van der Waals surface area contributed by atoms with Gasteiger partial charge in [-0.2, -0.15) is 4.98 Å². The Morgan fingerprint density at radius 1 is 1.25 bits per heavy atom. The third-order valence-corrected chi connectivity index (χ3v) is 3.23. The predicted molar refractivity (Wildman–Crippen MR) is 93.0 cm³/mol. The fourth-order valence-electron chi connectivity index (χ4n) is 2.14. The lowest BCUT2D eigenvalue weighted by atomic mass is 10.1. The summed E-state index contributed by atoms with van der Waals surface area (Å²) in [6.45, 7) is 8.90. The first kappa shape index (κ1) is 17.8. The summed E-state index contributed by atoms with van der Waals surface area (Å²) in [5.41, 5.74) is 2.24. The summed E-state index contributed by atoms with van der Waals surface area (Å²) in [6, 6.07) is 6.19. The highest BCUT2D eigenvalue weighted by molar-refractivity contribution is 5.79. The number of hydrogen-bond acceptors (Lipinski definition) is 5. The molecule has 0 aliphatic carbocycles. The summed E-state index contributed by atoms with van der Waals surface area (Å²) in [4.78, 5) is 8.35. The number of ether oxygens (including phenoxy) is 1. The number of nitrogens with one attached hydrogen (secondary N) is 2. The smallest absolute Gasteiger partial charge is 0.246 e. The van der Waals surface area contributed by atoms with Gasteiger partial charge < -0.3 is 19.9 Å². The Bertz CT molecular complexity index is 694. The van der Waals surface area contributed by atoms with Gasteiger partial charge in [-0.25, -0.2) is 0 Å². The number of rotatable bonds is 6. The van der Waals surface area contributed by atoms with E-state index in [1.54, 1.807) is 14.0 Å². The molecular formula is C17H25N5O2. The molecule has 0 aliphatic heterocycles.